The zero-order chi connectivity index (χ0) is 28.3. The third-order valence-corrected chi connectivity index (χ3v) is 5.17. The number of carbonyl (C=O) groups is 4. The molecule has 0 radical (unpaired) electrons. The van der Waals surface area contributed by atoms with Gasteiger partial charge in [0.05, 0.1) is 13.2 Å². The Balaban J connectivity index is 2.84. The summed E-state index contributed by atoms with van der Waals surface area (Å²) in [6.45, 7) is 7.57. The SMILES string of the molecule is CCCCCOC(=O)Oc1ccc(C[C@H](N)C(=O)OC[C@H](C)OC(=O)CC)cc1OC(=O)OCCCCC. The van der Waals surface area contributed by atoms with Crippen molar-refractivity contribution in [2.45, 2.75) is 91.2 Å². The molecule has 0 aliphatic rings. The summed E-state index contributed by atoms with van der Waals surface area (Å²) in [5.41, 5.74) is 6.50. The molecule has 0 amide bonds. The highest BCUT2D eigenvalue weighted by Gasteiger charge is 2.21. The number of unbranched alkanes of at least 4 members (excludes halogenated alkanes) is 4. The van der Waals surface area contributed by atoms with Crippen LogP contribution >= 0.6 is 0 Å². The monoisotopic (exact) mass is 539 g/mol. The fraction of sp³-hybridized carbons (Fsp3) is 0.630. The van der Waals surface area contributed by atoms with E-state index in [1.807, 2.05) is 13.8 Å². The molecule has 0 fully saturated rings. The maximum absolute atomic E-state index is 12.3. The van der Waals surface area contributed by atoms with Crippen molar-refractivity contribution in [3.05, 3.63) is 23.8 Å². The molecule has 0 aliphatic carbocycles. The molecule has 0 unspecified atom stereocenters. The summed E-state index contributed by atoms with van der Waals surface area (Å²) in [4.78, 5) is 48.0. The summed E-state index contributed by atoms with van der Waals surface area (Å²) in [6, 6.07) is 3.35. The topological polar surface area (TPSA) is 150 Å². The predicted molar refractivity (Wildman–Crippen MR) is 138 cm³/mol. The van der Waals surface area contributed by atoms with Gasteiger partial charge < -0.3 is 34.2 Å². The molecule has 2 N–H and O–H groups in total. The Morgan fingerprint density at radius 3 is 1.95 bits per heavy atom. The van der Waals surface area contributed by atoms with Crippen molar-refractivity contribution < 1.29 is 47.6 Å². The molecule has 2 atom stereocenters. The van der Waals surface area contributed by atoms with Gasteiger partial charge in [0.2, 0.25) is 0 Å². The second kappa shape index (κ2) is 18.8. The highest BCUT2D eigenvalue weighted by molar-refractivity contribution is 5.76. The molecule has 1 aromatic carbocycles. The Hall–Kier alpha value is -3.34. The molecule has 0 saturated heterocycles. The van der Waals surface area contributed by atoms with Crippen LogP contribution < -0.4 is 15.2 Å². The van der Waals surface area contributed by atoms with Gasteiger partial charge in [-0.3, -0.25) is 9.59 Å². The Bertz CT molecular complexity index is 889. The summed E-state index contributed by atoms with van der Waals surface area (Å²) in [6.07, 6.45) is 2.87. The summed E-state index contributed by atoms with van der Waals surface area (Å²) in [5, 5.41) is 0. The zero-order valence-corrected chi connectivity index (χ0v) is 22.8. The molecule has 38 heavy (non-hydrogen) atoms. The van der Waals surface area contributed by atoms with Crippen molar-refractivity contribution in [1.82, 2.24) is 0 Å². The standard InChI is InChI=1S/C27H41NO10/c1-5-8-10-14-33-26(31)37-22-13-12-20(17-23(22)38-27(32)34-15-11-9-6-2)16-21(28)25(30)35-18-19(4)36-24(29)7-3/h12-13,17,19,21H,5-11,14-16,18,28H2,1-4H3/t19-,21-/m0/s1. The van der Waals surface area contributed by atoms with Crippen LogP contribution in [0.25, 0.3) is 0 Å². The number of carbonyl (C=O) groups excluding carboxylic acids is 4. The second-order valence-electron chi connectivity index (χ2n) is 8.69. The van der Waals surface area contributed by atoms with Crippen molar-refractivity contribution >= 4 is 24.2 Å². The molecule has 11 heteroatoms. The third kappa shape index (κ3) is 13.8. The minimum atomic E-state index is -1.05. The van der Waals surface area contributed by atoms with Crippen LogP contribution in [-0.4, -0.2) is 56.2 Å². The Morgan fingerprint density at radius 2 is 1.39 bits per heavy atom. The summed E-state index contributed by atoms with van der Waals surface area (Å²) < 4.78 is 30.8. The van der Waals surface area contributed by atoms with E-state index in [0.29, 0.717) is 18.4 Å². The molecular formula is C27H41NO10. The van der Waals surface area contributed by atoms with Crippen LogP contribution in [0, 0.1) is 0 Å². The van der Waals surface area contributed by atoms with E-state index in [1.54, 1.807) is 19.9 Å². The number of hydrogen-bond acceptors (Lipinski definition) is 11. The smallest absolute Gasteiger partial charge is 0.461 e. The first kappa shape index (κ1) is 32.7. The van der Waals surface area contributed by atoms with Crippen molar-refractivity contribution in [3.8, 4) is 11.5 Å². The van der Waals surface area contributed by atoms with Crippen molar-refractivity contribution in [1.29, 1.82) is 0 Å². The summed E-state index contributed by atoms with van der Waals surface area (Å²) in [5.74, 6) is -1.24. The lowest BCUT2D eigenvalue weighted by Gasteiger charge is -2.16. The van der Waals surface area contributed by atoms with Crippen LogP contribution in [0.15, 0.2) is 18.2 Å². The first-order valence-corrected chi connectivity index (χ1v) is 13.1. The van der Waals surface area contributed by atoms with E-state index in [2.05, 4.69) is 0 Å². The molecule has 0 bridgehead atoms. The van der Waals surface area contributed by atoms with E-state index in [9.17, 15) is 19.2 Å². The van der Waals surface area contributed by atoms with Crippen molar-refractivity contribution in [2.24, 2.45) is 5.73 Å². The molecule has 0 aromatic heterocycles. The molecule has 0 saturated carbocycles. The fourth-order valence-corrected chi connectivity index (χ4v) is 3.08. The zero-order valence-electron chi connectivity index (χ0n) is 22.8. The van der Waals surface area contributed by atoms with Gasteiger partial charge in [0.1, 0.15) is 18.8 Å². The van der Waals surface area contributed by atoms with Gasteiger partial charge in [-0.25, -0.2) is 9.59 Å². The maximum Gasteiger partial charge on any atom is 0.513 e. The van der Waals surface area contributed by atoms with Crippen molar-refractivity contribution in [3.63, 3.8) is 0 Å². The summed E-state index contributed by atoms with van der Waals surface area (Å²) >= 11 is 0. The lowest BCUT2D eigenvalue weighted by Crippen LogP contribution is -2.36. The number of rotatable bonds is 17. The van der Waals surface area contributed by atoms with Crippen molar-refractivity contribution in [2.75, 3.05) is 19.8 Å². The van der Waals surface area contributed by atoms with Gasteiger partial charge in [0, 0.05) is 6.42 Å². The Labute approximate surface area is 224 Å². The number of hydrogen-bond donors (Lipinski definition) is 1. The minimum absolute atomic E-state index is 0.0333. The largest absolute Gasteiger partial charge is 0.513 e. The van der Waals surface area contributed by atoms with E-state index < -0.39 is 36.4 Å². The van der Waals surface area contributed by atoms with Gasteiger partial charge in [-0.1, -0.05) is 52.5 Å². The van der Waals surface area contributed by atoms with Crippen LogP contribution in [0.2, 0.25) is 0 Å². The second-order valence-corrected chi connectivity index (χ2v) is 8.69. The molecule has 0 spiro atoms. The van der Waals surface area contributed by atoms with Gasteiger partial charge in [-0.2, -0.15) is 0 Å². The van der Waals surface area contributed by atoms with E-state index in [1.165, 1.54) is 12.1 Å². The minimum Gasteiger partial charge on any atom is -0.461 e. The maximum atomic E-state index is 12.3. The molecule has 0 aliphatic heterocycles. The van der Waals surface area contributed by atoms with Gasteiger partial charge in [-0.15, -0.1) is 0 Å². The molecule has 214 valence electrons. The van der Waals surface area contributed by atoms with E-state index in [-0.39, 0.29) is 44.2 Å². The van der Waals surface area contributed by atoms with E-state index in [4.69, 9.17) is 34.2 Å². The first-order chi connectivity index (χ1) is 18.2. The van der Waals surface area contributed by atoms with E-state index >= 15 is 0 Å². The van der Waals surface area contributed by atoms with E-state index in [0.717, 1.165) is 25.7 Å². The predicted octanol–water partition coefficient (Wildman–Crippen LogP) is 4.85. The van der Waals surface area contributed by atoms with Gasteiger partial charge in [-0.05, 0) is 43.9 Å². The van der Waals surface area contributed by atoms with Crippen LogP contribution in [0.4, 0.5) is 9.59 Å². The average molecular weight is 540 g/mol. The van der Waals surface area contributed by atoms with Crippen LogP contribution in [0.5, 0.6) is 11.5 Å². The quantitative estimate of drug-likeness (QED) is 0.125. The lowest BCUT2D eigenvalue weighted by atomic mass is 10.1. The molecule has 11 nitrogen and oxygen atoms in total. The van der Waals surface area contributed by atoms with Gasteiger partial charge in [0.15, 0.2) is 11.5 Å². The number of ether oxygens (including phenoxy) is 6. The first-order valence-electron chi connectivity index (χ1n) is 13.1. The average Bonchev–Trinajstić information content (AvgIpc) is 2.89. The highest BCUT2D eigenvalue weighted by Crippen LogP contribution is 2.30. The molecule has 0 heterocycles. The highest BCUT2D eigenvalue weighted by atomic mass is 16.7. The Kier molecular flexibility index (Phi) is 16.2. The Morgan fingerprint density at radius 1 is 0.816 bits per heavy atom. The normalized spacial score (nSPS) is 12.1. The van der Waals surface area contributed by atoms with Crippen LogP contribution in [0.3, 0.4) is 0 Å². The molecular weight excluding hydrogens is 498 g/mol. The lowest BCUT2D eigenvalue weighted by molar-refractivity contribution is -0.158. The number of benzene rings is 1. The molecule has 1 rings (SSSR count). The number of esters is 2. The fourth-order valence-electron chi connectivity index (χ4n) is 3.08. The summed E-state index contributed by atoms with van der Waals surface area (Å²) in [7, 11) is 0. The van der Waals surface area contributed by atoms with Crippen LogP contribution in [0.1, 0.15) is 78.2 Å². The number of nitrogens with two attached hydrogens (primary N) is 1. The molecule has 1 aromatic rings. The van der Waals surface area contributed by atoms with Gasteiger partial charge in [0.25, 0.3) is 0 Å². The third-order valence-electron chi connectivity index (χ3n) is 5.17. The van der Waals surface area contributed by atoms with Crippen LogP contribution in [-0.2, 0) is 35.0 Å². The van der Waals surface area contributed by atoms with Gasteiger partial charge >= 0.3 is 24.2 Å².